The SMILES string of the molecule is COC1COC(CNC(=O)C2CC(SC3=C(C(=O)O)N4C(=O)[C@H]([C@@H](C)CC(C)=O)[C@@H]4[C@H]3C)CN2)CC1=O. The second-order valence-electron chi connectivity index (χ2n) is 10.4. The maximum absolute atomic E-state index is 12.9. The zero-order chi connectivity index (χ0) is 27.0. The smallest absolute Gasteiger partial charge is 0.353 e. The highest BCUT2D eigenvalue weighted by molar-refractivity contribution is 8.03. The number of fused-ring (bicyclic) bond motifs is 1. The van der Waals surface area contributed by atoms with E-state index in [4.69, 9.17) is 9.47 Å². The van der Waals surface area contributed by atoms with E-state index in [1.807, 2.05) is 13.8 Å². The number of β-lactam (4-membered cyclic amide) rings is 1. The van der Waals surface area contributed by atoms with Crippen molar-refractivity contribution < 1.29 is 38.6 Å². The molecule has 204 valence electrons. The number of rotatable bonds is 10. The summed E-state index contributed by atoms with van der Waals surface area (Å²) in [5, 5.41) is 15.9. The quantitative estimate of drug-likeness (QED) is 0.333. The molecule has 0 radical (unpaired) electrons. The number of carbonyl (C=O) groups is 5. The third kappa shape index (κ3) is 5.47. The predicted molar refractivity (Wildman–Crippen MR) is 133 cm³/mol. The minimum atomic E-state index is -1.14. The van der Waals surface area contributed by atoms with Gasteiger partial charge in [-0.25, -0.2) is 4.79 Å². The van der Waals surface area contributed by atoms with Crippen LogP contribution in [0, 0.1) is 17.8 Å². The minimum absolute atomic E-state index is 0.00702. The maximum atomic E-state index is 12.9. The predicted octanol–water partition coefficient (Wildman–Crippen LogP) is 0.327. The van der Waals surface area contributed by atoms with Gasteiger partial charge in [-0.05, 0) is 19.3 Å². The van der Waals surface area contributed by atoms with Gasteiger partial charge in [-0.3, -0.25) is 14.4 Å². The summed E-state index contributed by atoms with van der Waals surface area (Å²) in [7, 11) is 1.46. The van der Waals surface area contributed by atoms with Crippen LogP contribution < -0.4 is 10.6 Å². The van der Waals surface area contributed by atoms with Crippen LogP contribution >= 0.6 is 11.8 Å². The fourth-order valence-corrected chi connectivity index (χ4v) is 7.40. The standard InChI is InChI=1S/C25H35N3O8S/c1-11(5-12(2)29)19-20-13(3)22(21(25(33)34)28(20)24(19)32)37-15-7-16(26-9-15)23(31)27-8-14-6-17(30)18(35-4)10-36-14/h11,13-16,18-20,26H,5-10H2,1-4H3,(H,27,31)(H,33,34)/t11-,13+,14?,15?,16?,18?,19+,20-/m0/s1. The molecule has 0 bridgehead atoms. The number of carbonyl (C=O) groups excluding carboxylic acids is 4. The average molecular weight is 538 g/mol. The van der Waals surface area contributed by atoms with Crippen LogP contribution in [-0.4, -0.2) is 95.7 Å². The van der Waals surface area contributed by atoms with Crippen LogP contribution in [0.2, 0.25) is 0 Å². The van der Waals surface area contributed by atoms with Gasteiger partial charge in [0, 0.05) is 49.1 Å². The second-order valence-corrected chi connectivity index (χ2v) is 11.8. The Kier molecular flexibility index (Phi) is 8.41. The number of amides is 2. The van der Waals surface area contributed by atoms with E-state index >= 15 is 0 Å². The molecule has 0 spiro atoms. The Labute approximate surface area is 220 Å². The molecule has 4 unspecified atom stereocenters. The third-order valence-electron chi connectivity index (χ3n) is 7.77. The van der Waals surface area contributed by atoms with Gasteiger partial charge >= 0.3 is 5.97 Å². The van der Waals surface area contributed by atoms with Gasteiger partial charge in [0.2, 0.25) is 11.8 Å². The lowest BCUT2D eigenvalue weighted by atomic mass is 9.73. The van der Waals surface area contributed by atoms with Crippen LogP contribution in [0.4, 0.5) is 0 Å². The fraction of sp³-hybridized carbons (Fsp3) is 0.720. The summed E-state index contributed by atoms with van der Waals surface area (Å²) < 4.78 is 10.7. The third-order valence-corrected chi connectivity index (χ3v) is 9.29. The number of aliphatic carboxylic acids is 1. The van der Waals surface area contributed by atoms with Gasteiger partial charge < -0.3 is 34.9 Å². The molecule has 37 heavy (non-hydrogen) atoms. The number of carboxylic acid groups (broad SMARTS) is 1. The highest BCUT2D eigenvalue weighted by Gasteiger charge is 2.60. The van der Waals surface area contributed by atoms with Crippen molar-refractivity contribution in [3.8, 4) is 0 Å². The molecular formula is C25H35N3O8S. The van der Waals surface area contributed by atoms with Gasteiger partial charge in [-0.15, -0.1) is 11.8 Å². The molecular weight excluding hydrogens is 502 g/mol. The number of hydrogen-bond acceptors (Lipinski definition) is 9. The second kappa shape index (κ2) is 11.2. The van der Waals surface area contributed by atoms with E-state index in [1.54, 1.807) is 0 Å². The number of Topliss-reactive ketones (excluding diaryl/α,β-unsaturated/α-hetero) is 2. The molecule has 0 saturated carbocycles. The summed E-state index contributed by atoms with van der Waals surface area (Å²) in [5.41, 5.74) is 0.0279. The Morgan fingerprint density at radius 2 is 2.05 bits per heavy atom. The summed E-state index contributed by atoms with van der Waals surface area (Å²) in [6, 6.07) is -0.712. The number of thioether (sulfide) groups is 1. The average Bonchev–Trinajstić information content (AvgIpc) is 3.39. The molecule has 4 aliphatic heterocycles. The van der Waals surface area contributed by atoms with E-state index in [9.17, 15) is 29.1 Å². The lowest BCUT2D eigenvalue weighted by Crippen LogP contribution is -2.62. The minimum Gasteiger partial charge on any atom is -0.477 e. The number of methoxy groups -OCH3 is 1. The van der Waals surface area contributed by atoms with Crippen molar-refractivity contribution in [2.45, 2.75) is 69.6 Å². The first-order valence-corrected chi connectivity index (χ1v) is 13.6. The zero-order valence-electron chi connectivity index (χ0n) is 21.5. The van der Waals surface area contributed by atoms with Crippen LogP contribution in [-0.2, 0) is 33.4 Å². The molecule has 11 nitrogen and oxygen atoms in total. The lowest BCUT2D eigenvalue weighted by Gasteiger charge is -2.47. The number of nitrogens with one attached hydrogen (secondary N) is 2. The fourth-order valence-electron chi connectivity index (χ4n) is 5.92. The van der Waals surface area contributed by atoms with Crippen molar-refractivity contribution >= 4 is 41.1 Å². The van der Waals surface area contributed by atoms with Crippen LogP contribution in [0.5, 0.6) is 0 Å². The Hall–Kier alpha value is -2.28. The highest BCUT2D eigenvalue weighted by atomic mass is 32.2. The number of ether oxygens (including phenoxy) is 2. The molecule has 3 saturated heterocycles. The van der Waals surface area contributed by atoms with Crippen molar-refractivity contribution in [2.75, 3.05) is 26.8 Å². The van der Waals surface area contributed by atoms with E-state index in [-0.39, 0.29) is 84.1 Å². The molecule has 0 aromatic heterocycles. The lowest BCUT2D eigenvalue weighted by molar-refractivity contribution is -0.160. The molecule has 0 aliphatic carbocycles. The molecule has 0 aromatic carbocycles. The van der Waals surface area contributed by atoms with Crippen LogP contribution in [0.1, 0.15) is 40.0 Å². The Balaban J connectivity index is 1.34. The Bertz CT molecular complexity index is 1020. The molecule has 4 heterocycles. The summed E-state index contributed by atoms with van der Waals surface area (Å²) in [5.74, 6) is -2.31. The zero-order valence-corrected chi connectivity index (χ0v) is 22.3. The van der Waals surface area contributed by atoms with E-state index < -0.39 is 24.2 Å². The van der Waals surface area contributed by atoms with Crippen molar-refractivity contribution in [1.82, 2.24) is 15.5 Å². The van der Waals surface area contributed by atoms with Gasteiger partial charge in [0.25, 0.3) is 0 Å². The number of ketones is 2. The first kappa shape index (κ1) is 27.7. The van der Waals surface area contributed by atoms with Gasteiger partial charge in [-0.1, -0.05) is 13.8 Å². The number of carboxylic acids is 1. The topological polar surface area (TPSA) is 151 Å². The van der Waals surface area contributed by atoms with E-state index in [0.717, 1.165) is 0 Å². The molecule has 0 aromatic rings. The van der Waals surface area contributed by atoms with Crippen LogP contribution in [0.25, 0.3) is 0 Å². The molecule has 4 aliphatic rings. The maximum Gasteiger partial charge on any atom is 0.353 e. The molecule has 3 N–H and O–H groups in total. The van der Waals surface area contributed by atoms with Crippen molar-refractivity contribution in [2.24, 2.45) is 17.8 Å². The Morgan fingerprint density at radius 1 is 1.32 bits per heavy atom. The first-order chi connectivity index (χ1) is 17.5. The van der Waals surface area contributed by atoms with Crippen molar-refractivity contribution in [3.63, 3.8) is 0 Å². The van der Waals surface area contributed by atoms with E-state index in [0.29, 0.717) is 17.9 Å². The summed E-state index contributed by atoms with van der Waals surface area (Å²) in [6.45, 7) is 6.21. The highest BCUT2D eigenvalue weighted by Crippen LogP contribution is 2.53. The van der Waals surface area contributed by atoms with Crippen LogP contribution in [0.15, 0.2) is 10.6 Å². The monoisotopic (exact) mass is 537 g/mol. The number of hydrogen-bond donors (Lipinski definition) is 3. The summed E-state index contributed by atoms with van der Waals surface area (Å²) >= 11 is 1.42. The van der Waals surface area contributed by atoms with Crippen molar-refractivity contribution in [1.29, 1.82) is 0 Å². The van der Waals surface area contributed by atoms with Gasteiger partial charge in [0.1, 0.15) is 17.6 Å². The molecule has 4 rings (SSSR count). The largest absolute Gasteiger partial charge is 0.477 e. The van der Waals surface area contributed by atoms with E-state index in [1.165, 1.54) is 30.7 Å². The van der Waals surface area contributed by atoms with Gasteiger partial charge in [-0.2, -0.15) is 0 Å². The van der Waals surface area contributed by atoms with E-state index in [2.05, 4.69) is 10.6 Å². The summed E-state index contributed by atoms with van der Waals surface area (Å²) in [4.78, 5) is 63.5. The molecule has 2 amide bonds. The van der Waals surface area contributed by atoms with Gasteiger partial charge in [0.15, 0.2) is 5.78 Å². The molecule has 8 atom stereocenters. The molecule has 12 heteroatoms. The van der Waals surface area contributed by atoms with Crippen molar-refractivity contribution in [3.05, 3.63) is 10.6 Å². The van der Waals surface area contributed by atoms with Gasteiger partial charge in [0.05, 0.1) is 30.7 Å². The normalized spacial score (nSPS) is 34.3. The summed E-state index contributed by atoms with van der Waals surface area (Å²) in [6.07, 6.45) is 0.0193. The number of nitrogens with zero attached hydrogens (tertiary/aromatic N) is 1. The van der Waals surface area contributed by atoms with Crippen LogP contribution in [0.3, 0.4) is 0 Å². The first-order valence-electron chi connectivity index (χ1n) is 12.7. The molecule has 3 fully saturated rings. The Morgan fingerprint density at radius 3 is 2.68 bits per heavy atom.